The molecule has 1 aliphatic rings. The molecule has 1 heterocycles. The summed E-state index contributed by atoms with van der Waals surface area (Å²) in [5.74, 6) is -1.12. The number of esters is 1. The van der Waals surface area contributed by atoms with Crippen molar-refractivity contribution in [3.63, 3.8) is 0 Å². The summed E-state index contributed by atoms with van der Waals surface area (Å²) in [5, 5.41) is 4.76. The summed E-state index contributed by atoms with van der Waals surface area (Å²) in [5.41, 5.74) is -1.30. The predicted octanol–water partition coefficient (Wildman–Crippen LogP) is 3.46. The van der Waals surface area contributed by atoms with E-state index in [1.165, 1.54) is 18.2 Å². The van der Waals surface area contributed by atoms with Gasteiger partial charge < -0.3 is 10.1 Å². The van der Waals surface area contributed by atoms with Crippen molar-refractivity contribution in [2.24, 2.45) is 0 Å². The Hall–Kier alpha value is -3.36. The second-order valence-electron chi connectivity index (χ2n) is 6.85. The normalized spacial score (nSPS) is 18.9. The Labute approximate surface area is 164 Å². The molecule has 3 amide bonds. The van der Waals surface area contributed by atoms with Crippen LogP contribution in [0.25, 0.3) is 0 Å². The van der Waals surface area contributed by atoms with Crippen LogP contribution in [0.3, 0.4) is 0 Å². The van der Waals surface area contributed by atoms with Gasteiger partial charge in [-0.2, -0.15) is 13.2 Å². The van der Waals surface area contributed by atoms with Gasteiger partial charge >= 0.3 is 18.2 Å². The Morgan fingerprint density at radius 3 is 2.38 bits per heavy atom. The SMILES string of the molecule is C[C@@]1(CCc2ccc(OC(=O)c3cccc(C(F)(F)F)c3)cc2)NC(=O)NC1=O. The molecule has 0 saturated carbocycles. The van der Waals surface area contributed by atoms with Gasteiger partial charge in [-0.05, 0) is 55.7 Å². The van der Waals surface area contributed by atoms with Crippen LogP contribution in [-0.4, -0.2) is 23.4 Å². The van der Waals surface area contributed by atoms with Crippen molar-refractivity contribution in [1.29, 1.82) is 0 Å². The molecule has 1 atom stereocenters. The van der Waals surface area contributed by atoms with Gasteiger partial charge in [0.1, 0.15) is 11.3 Å². The molecule has 2 N–H and O–H groups in total. The lowest BCUT2D eigenvalue weighted by Crippen LogP contribution is -2.43. The van der Waals surface area contributed by atoms with Crippen molar-refractivity contribution < 1.29 is 32.3 Å². The summed E-state index contributed by atoms with van der Waals surface area (Å²) in [6.45, 7) is 1.62. The van der Waals surface area contributed by atoms with Crippen LogP contribution in [0.4, 0.5) is 18.0 Å². The summed E-state index contributed by atoms with van der Waals surface area (Å²) < 4.78 is 43.4. The van der Waals surface area contributed by atoms with Crippen LogP contribution in [0.1, 0.15) is 34.8 Å². The van der Waals surface area contributed by atoms with E-state index in [1.54, 1.807) is 19.1 Å². The predicted molar refractivity (Wildman–Crippen MR) is 96.2 cm³/mol. The Morgan fingerprint density at radius 1 is 1.10 bits per heavy atom. The molecule has 1 aliphatic heterocycles. The minimum Gasteiger partial charge on any atom is -0.423 e. The maximum Gasteiger partial charge on any atom is 0.416 e. The Balaban J connectivity index is 1.61. The van der Waals surface area contributed by atoms with Gasteiger partial charge in [0.05, 0.1) is 11.1 Å². The number of carbonyl (C=O) groups excluding carboxylic acids is 3. The summed E-state index contributed by atoms with van der Waals surface area (Å²) >= 11 is 0. The molecule has 0 spiro atoms. The Bertz CT molecular complexity index is 957. The number of halogens is 3. The molecule has 152 valence electrons. The molecular formula is C20H17F3N2O4. The largest absolute Gasteiger partial charge is 0.423 e. The van der Waals surface area contributed by atoms with E-state index in [2.05, 4.69) is 10.6 Å². The van der Waals surface area contributed by atoms with Crippen LogP contribution >= 0.6 is 0 Å². The van der Waals surface area contributed by atoms with Crippen LogP contribution in [0, 0.1) is 0 Å². The molecule has 1 fully saturated rings. The van der Waals surface area contributed by atoms with Gasteiger partial charge in [-0.3, -0.25) is 10.1 Å². The smallest absolute Gasteiger partial charge is 0.416 e. The maximum atomic E-state index is 12.8. The minimum atomic E-state index is -4.55. The number of ether oxygens (including phenoxy) is 1. The molecule has 29 heavy (non-hydrogen) atoms. The molecule has 2 aromatic rings. The molecule has 0 aromatic heterocycles. The highest BCUT2D eigenvalue weighted by Crippen LogP contribution is 2.30. The van der Waals surface area contributed by atoms with E-state index in [0.29, 0.717) is 12.8 Å². The van der Waals surface area contributed by atoms with Crippen molar-refractivity contribution >= 4 is 17.9 Å². The number of urea groups is 1. The van der Waals surface area contributed by atoms with E-state index in [0.717, 1.165) is 23.8 Å². The van der Waals surface area contributed by atoms with Gasteiger partial charge in [0.25, 0.3) is 5.91 Å². The van der Waals surface area contributed by atoms with Gasteiger partial charge in [-0.1, -0.05) is 18.2 Å². The average molecular weight is 406 g/mol. The van der Waals surface area contributed by atoms with E-state index in [-0.39, 0.29) is 11.3 Å². The minimum absolute atomic E-state index is 0.175. The monoisotopic (exact) mass is 406 g/mol. The molecule has 2 aromatic carbocycles. The quantitative estimate of drug-likeness (QED) is 0.453. The third-order valence-corrected chi connectivity index (χ3v) is 4.59. The van der Waals surface area contributed by atoms with Crippen LogP contribution in [0.2, 0.25) is 0 Å². The Morgan fingerprint density at radius 2 is 1.79 bits per heavy atom. The number of hydrogen-bond donors (Lipinski definition) is 2. The van der Waals surface area contributed by atoms with Gasteiger partial charge in [0.15, 0.2) is 0 Å². The highest BCUT2D eigenvalue weighted by Gasteiger charge is 2.41. The number of aryl methyl sites for hydroxylation is 1. The zero-order chi connectivity index (χ0) is 21.2. The number of carbonyl (C=O) groups is 3. The summed E-state index contributed by atoms with van der Waals surface area (Å²) in [4.78, 5) is 35.2. The van der Waals surface area contributed by atoms with E-state index >= 15 is 0 Å². The van der Waals surface area contributed by atoms with Gasteiger partial charge in [0.2, 0.25) is 0 Å². The first-order valence-corrected chi connectivity index (χ1v) is 8.69. The second kappa shape index (κ2) is 7.57. The van der Waals surface area contributed by atoms with Gasteiger partial charge in [-0.15, -0.1) is 0 Å². The average Bonchev–Trinajstić information content (AvgIpc) is 2.92. The third kappa shape index (κ3) is 4.74. The number of amides is 3. The number of hydrogen-bond acceptors (Lipinski definition) is 4. The highest BCUT2D eigenvalue weighted by molar-refractivity contribution is 6.06. The molecule has 0 radical (unpaired) electrons. The van der Waals surface area contributed by atoms with Crippen molar-refractivity contribution in [3.05, 3.63) is 65.2 Å². The standard InChI is InChI=1S/C20H17F3N2O4/c1-19(17(27)24-18(28)25-19)10-9-12-5-7-15(8-6-12)29-16(26)13-3-2-4-14(11-13)20(21,22)23/h2-8,11H,9-10H2,1H3,(H2,24,25,27,28)/t19-/m0/s1. The molecule has 0 bridgehead atoms. The van der Waals surface area contributed by atoms with Crippen molar-refractivity contribution in [2.45, 2.75) is 31.5 Å². The number of benzene rings is 2. The fraction of sp³-hybridized carbons (Fsp3) is 0.250. The molecule has 1 saturated heterocycles. The topological polar surface area (TPSA) is 84.5 Å². The molecule has 0 unspecified atom stereocenters. The van der Waals surface area contributed by atoms with E-state index < -0.39 is 35.2 Å². The van der Waals surface area contributed by atoms with Crippen LogP contribution < -0.4 is 15.4 Å². The lowest BCUT2D eigenvalue weighted by Gasteiger charge is -2.20. The summed E-state index contributed by atoms with van der Waals surface area (Å²) in [6, 6.07) is 9.83. The number of nitrogens with one attached hydrogen (secondary N) is 2. The second-order valence-corrected chi connectivity index (χ2v) is 6.85. The first-order valence-electron chi connectivity index (χ1n) is 8.69. The van der Waals surface area contributed by atoms with E-state index in [4.69, 9.17) is 4.74 Å². The highest BCUT2D eigenvalue weighted by atomic mass is 19.4. The van der Waals surface area contributed by atoms with E-state index in [1.807, 2.05) is 0 Å². The number of imide groups is 1. The number of rotatable bonds is 5. The lowest BCUT2D eigenvalue weighted by atomic mass is 9.93. The lowest BCUT2D eigenvalue weighted by molar-refractivity contribution is -0.137. The van der Waals surface area contributed by atoms with Crippen LogP contribution in [0.15, 0.2) is 48.5 Å². The summed E-state index contributed by atoms with van der Waals surface area (Å²) in [6.07, 6.45) is -3.70. The zero-order valence-electron chi connectivity index (χ0n) is 15.3. The van der Waals surface area contributed by atoms with Crippen molar-refractivity contribution in [1.82, 2.24) is 10.6 Å². The molecular weight excluding hydrogens is 389 g/mol. The number of alkyl halides is 3. The van der Waals surface area contributed by atoms with Crippen molar-refractivity contribution in [2.75, 3.05) is 0 Å². The molecule has 0 aliphatic carbocycles. The molecule has 6 nitrogen and oxygen atoms in total. The maximum absolute atomic E-state index is 12.8. The molecule has 9 heteroatoms. The van der Waals surface area contributed by atoms with Crippen LogP contribution in [-0.2, 0) is 17.4 Å². The van der Waals surface area contributed by atoms with Crippen LogP contribution in [0.5, 0.6) is 5.75 Å². The molecule has 3 rings (SSSR count). The van der Waals surface area contributed by atoms with Gasteiger partial charge in [-0.25, -0.2) is 9.59 Å². The summed E-state index contributed by atoms with van der Waals surface area (Å²) in [7, 11) is 0. The van der Waals surface area contributed by atoms with E-state index in [9.17, 15) is 27.6 Å². The van der Waals surface area contributed by atoms with Gasteiger partial charge in [0, 0.05) is 0 Å². The zero-order valence-corrected chi connectivity index (χ0v) is 15.3. The van der Waals surface area contributed by atoms with Crippen molar-refractivity contribution in [3.8, 4) is 5.75 Å². The third-order valence-electron chi connectivity index (χ3n) is 4.59. The fourth-order valence-electron chi connectivity index (χ4n) is 2.86. The fourth-order valence-corrected chi connectivity index (χ4v) is 2.86. The Kier molecular flexibility index (Phi) is 5.32. The first-order chi connectivity index (χ1) is 13.6. The first kappa shape index (κ1) is 20.4.